The molecular formula is C16H17N3O. The molecule has 0 aliphatic rings. The number of para-hydroxylation sites is 1. The Kier molecular flexibility index (Phi) is 4.46. The maximum Gasteiger partial charge on any atom is 0.144 e. The normalized spacial score (nSPS) is 9.80. The van der Waals surface area contributed by atoms with Crippen molar-refractivity contribution in [3.05, 3.63) is 53.6 Å². The SMILES string of the molecule is CCOc1cccc(NCc2cccc(C#N)c2)c1N. The molecule has 2 aromatic carbocycles. The van der Waals surface area contributed by atoms with Crippen molar-refractivity contribution < 1.29 is 4.74 Å². The Balaban J connectivity index is 2.11. The Morgan fingerprint density at radius 1 is 1.25 bits per heavy atom. The Labute approximate surface area is 118 Å². The summed E-state index contributed by atoms with van der Waals surface area (Å²) in [6, 6.07) is 15.3. The van der Waals surface area contributed by atoms with E-state index in [1.54, 1.807) is 6.07 Å². The summed E-state index contributed by atoms with van der Waals surface area (Å²) < 4.78 is 5.46. The van der Waals surface area contributed by atoms with Gasteiger partial charge < -0.3 is 15.8 Å². The number of hydrogen-bond acceptors (Lipinski definition) is 4. The van der Waals surface area contributed by atoms with E-state index in [1.807, 2.05) is 43.3 Å². The minimum absolute atomic E-state index is 0.581. The molecule has 0 radical (unpaired) electrons. The van der Waals surface area contributed by atoms with Crippen LogP contribution < -0.4 is 15.8 Å². The minimum Gasteiger partial charge on any atom is -0.492 e. The average molecular weight is 267 g/mol. The molecule has 2 aromatic rings. The van der Waals surface area contributed by atoms with Crippen molar-refractivity contribution >= 4 is 11.4 Å². The van der Waals surface area contributed by atoms with Crippen LogP contribution in [-0.4, -0.2) is 6.61 Å². The lowest BCUT2D eigenvalue weighted by molar-refractivity contribution is 0.342. The first-order chi connectivity index (χ1) is 9.74. The highest BCUT2D eigenvalue weighted by atomic mass is 16.5. The fraction of sp³-hybridized carbons (Fsp3) is 0.188. The van der Waals surface area contributed by atoms with Gasteiger partial charge in [-0.15, -0.1) is 0 Å². The largest absolute Gasteiger partial charge is 0.492 e. The molecule has 0 atom stereocenters. The van der Waals surface area contributed by atoms with Gasteiger partial charge in [0.2, 0.25) is 0 Å². The second-order valence-electron chi connectivity index (χ2n) is 4.32. The quantitative estimate of drug-likeness (QED) is 0.816. The van der Waals surface area contributed by atoms with Gasteiger partial charge in [-0.1, -0.05) is 18.2 Å². The van der Waals surface area contributed by atoms with Crippen LogP contribution in [0.15, 0.2) is 42.5 Å². The van der Waals surface area contributed by atoms with Crippen molar-refractivity contribution in [2.75, 3.05) is 17.7 Å². The molecule has 0 fully saturated rings. The number of nitrogens with two attached hydrogens (primary N) is 1. The molecule has 0 aliphatic heterocycles. The van der Waals surface area contributed by atoms with Crippen molar-refractivity contribution in [2.24, 2.45) is 0 Å². The smallest absolute Gasteiger partial charge is 0.144 e. The highest BCUT2D eigenvalue weighted by Crippen LogP contribution is 2.29. The Hall–Kier alpha value is -2.67. The van der Waals surface area contributed by atoms with Gasteiger partial charge in [0.15, 0.2) is 0 Å². The Morgan fingerprint density at radius 3 is 2.80 bits per heavy atom. The monoisotopic (exact) mass is 267 g/mol. The third-order valence-corrected chi connectivity index (χ3v) is 2.91. The van der Waals surface area contributed by atoms with Crippen LogP contribution in [0.25, 0.3) is 0 Å². The highest BCUT2D eigenvalue weighted by molar-refractivity contribution is 5.72. The maximum atomic E-state index is 8.88. The highest BCUT2D eigenvalue weighted by Gasteiger charge is 2.05. The molecule has 0 amide bonds. The number of anilines is 2. The zero-order valence-corrected chi connectivity index (χ0v) is 11.4. The third kappa shape index (κ3) is 3.21. The molecule has 0 saturated carbocycles. The van der Waals surface area contributed by atoms with Crippen LogP contribution in [-0.2, 0) is 6.54 Å². The van der Waals surface area contributed by atoms with E-state index < -0.39 is 0 Å². The van der Waals surface area contributed by atoms with Crippen molar-refractivity contribution in [1.82, 2.24) is 0 Å². The molecule has 3 N–H and O–H groups in total. The topological polar surface area (TPSA) is 71.1 Å². The van der Waals surface area contributed by atoms with E-state index in [0.29, 0.717) is 30.2 Å². The number of nitrogens with zero attached hydrogens (tertiary/aromatic N) is 1. The summed E-state index contributed by atoms with van der Waals surface area (Å²) in [5.74, 6) is 0.684. The molecule has 0 bridgehead atoms. The fourth-order valence-electron chi connectivity index (χ4n) is 1.93. The first-order valence-corrected chi connectivity index (χ1v) is 6.48. The molecule has 0 spiro atoms. The van der Waals surface area contributed by atoms with E-state index in [2.05, 4.69) is 11.4 Å². The molecule has 102 valence electrons. The fourth-order valence-corrected chi connectivity index (χ4v) is 1.93. The van der Waals surface area contributed by atoms with Gasteiger partial charge in [0.05, 0.1) is 29.6 Å². The van der Waals surface area contributed by atoms with Gasteiger partial charge in [-0.2, -0.15) is 5.26 Å². The summed E-state index contributed by atoms with van der Waals surface area (Å²) in [5.41, 5.74) is 9.17. The van der Waals surface area contributed by atoms with E-state index in [4.69, 9.17) is 15.7 Å². The Bertz CT molecular complexity index is 632. The van der Waals surface area contributed by atoms with Gasteiger partial charge in [-0.3, -0.25) is 0 Å². The predicted octanol–water partition coefficient (Wildman–Crippen LogP) is 3.15. The number of benzene rings is 2. The third-order valence-electron chi connectivity index (χ3n) is 2.91. The lowest BCUT2D eigenvalue weighted by Gasteiger charge is -2.13. The lowest BCUT2D eigenvalue weighted by atomic mass is 10.1. The van der Waals surface area contributed by atoms with Crippen LogP contribution in [0.4, 0.5) is 11.4 Å². The number of ether oxygens (including phenoxy) is 1. The molecular weight excluding hydrogens is 250 g/mol. The molecule has 0 aromatic heterocycles. The van der Waals surface area contributed by atoms with E-state index in [1.165, 1.54) is 0 Å². The number of hydrogen-bond donors (Lipinski definition) is 2. The summed E-state index contributed by atoms with van der Waals surface area (Å²) in [7, 11) is 0. The van der Waals surface area contributed by atoms with Gasteiger partial charge in [0.1, 0.15) is 5.75 Å². The van der Waals surface area contributed by atoms with Gasteiger partial charge >= 0.3 is 0 Å². The van der Waals surface area contributed by atoms with Crippen molar-refractivity contribution in [3.8, 4) is 11.8 Å². The Morgan fingerprint density at radius 2 is 2.05 bits per heavy atom. The van der Waals surface area contributed by atoms with E-state index in [9.17, 15) is 0 Å². The van der Waals surface area contributed by atoms with Crippen LogP contribution in [0, 0.1) is 11.3 Å². The van der Waals surface area contributed by atoms with E-state index >= 15 is 0 Å². The molecule has 2 rings (SSSR count). The summed E-state index contributed by atoms with van der Waals surface area (Å²) in [4.78, 5) is 0. The van der Waals surface area contributed by atoms with Gasteiger partial charge in [-0.25, -0.2) is 0 Å². The second-order valence-corrected chi connectivity index (χ2v) is 4.32. The number of nitrogens with one attached hydrogen (secondary N) is 1. The zero-order valence-electron chi connectivity index (χ0n) is 11.4. The molecule has 0 aliphatic carbocycles. The first-order valence-electron chi connectivity index (χ1n) is 6.48. The van der Waals surface area contributed by atoms with E-state index in [-0.39, 0.29) is 0 Å². The van der Waals surface area contributed by atoms with Crippen LogP contribution in [0.3, 0.4) is 0 Å². The molecule has 20 heavy (non-hydrogen) atoms. The van der Waals surface area contributed by atoms with Gasteiger partial charge in [0, 0.05) is 6.54 Å². The molecule has 4 heteroatoms. The first kappa shape index (κ1) is 13.8. The summed E-state index contributed by atoms with van der Waals surface area (Å²) in [5, 5.41) is 12.1. The van der Waals surface area contributed by atoms with Crippen LogP contribution in [0.1, 0.15) is 18.1 Å². The van der Waals surface area contributed by atoms with Crippen LogP contribution in [0.5, 0.6) is 5.75 Å². The van der Waals surface area contributed by atoms with Crippen molar-refractivity contribution in [2.45, 2.75) is 13.5 Å². The molecule has 0 heterocycles. The summed E-state index contributed by atoms with van der Waals surface area (Å²) in [6.45, 7) is 3.11. The second kappa shape index (κ2) is 6.48. The van der Waals surface area contributed by atoms with Crippen molar-refractivity contribution in [3.63, 3.8) is 0 Å². The lowest BCUT2D eigenvalue weighted by Crippen LogP contribution is -2.04. The minimum atomic E-state index is 0.581. The predicted molar refractivity (Wildman–Crippen MR) is 80.5 cm³/mol. The molecule has 0 unspecified atom stereocenters. The number of nitriles is 1. The summed E-state index contributed by atoms with van der Waals surface area (Å²) >= 11 is 0. The standard InChI is InChI=1S/C16H17N3O/c1-2-20-15-8-4-7-14(16(15)18)19-11-13-6-3-5-12(9-13)10-17/h3-9,19H,2,11,18H2,1H3. The van der Waals surface area contributed by atoms with Gasteiger partial charge in [-0.05, 0) is 36.8 Å². The number of nitrogen functional groups attached to an aromatic ring is 1. The maximum absolute atomic E-state index is 8.88. The van der Waals surface area contributed by atoms with Crippen LogP contribution in [0.2, 0.25) is 0 Å². The van der Waals surface area contributed by atoms with Crippen LogP contribution >= 0.6 is 0 Å². The molecule has 4 nitrogen and oxygen atoms in total. The zero-order chi connectivity index (χ0) is 14.4. The average Bonchev–Trinajstić information content (AvgIpc) is 2.48. The van der Waals surface area contributed by atoms with Gasteiger partial charge in [0.25, 0.3) is 0 Å². The molecule has 0 saturated heterocycles. The summed E-state index contributed by atoms with van der Waals surface area (Å²) in [6.07, 6.45) is 0. The van der Waals surface area contributed by atoms with Crippen molar-refractivity contribution in [1.29, 1.82) is 5.26 Å². The van der Waals surface area contributed by atoms with E-state index in [0.717, 1.165) is 11.3 Å². The number of rotatable bonds is 5.